The molecule has 1 aliphatic rings. The van der Waals surface area contributed by atoms with Crippen LogP contribution in [0.4, 0.5) is 0 Å². The number of nitrogens with zero attached hydrogens (tertiary/aromatic N) is 1. The minimum absolute atomic E-state index is 0.234. The van der Waals surface area contributed by atoms with Crippen molar-refractivity contribution in [2.24, 2.45) is 5.92 Å². The number of aliphatic carboxylic acids is 1. The lowest BCUT2D eigenvalue weighted by molar-refractivity contribution is -0.137. The molecule has 1 atom stereocenters. The van der Waals surface area contributed by atoms with Gasteiger partial charge in [0, 0.05) is 13.1 Å². The van der Waals surface area contributed by atoms with Crippen LogP contribution in [0, 0.1) is 5.92 Å². The third-order valence-electron chi connectivity index (χ3n) is 3.48. The lowest BCUT2D eigenvalue weighted by Gasteiger charge is -2.14. The number of hydrogen-bond donors (Lipinski definition) is 1. The summed E-state index contributed by atoms with van der Waals surface area (Å²) in [5.74, 6) is -0.179. The first-order valence-electron chi connectivity index (χ1n) is 6.80. The molecule has 1 fully saturated rings. The molecule has 0 aliphatic carbocycles. The Morgan fingerprint density at radius 1 is 1.37 bits per heavy atom. The van der Waals surface area contributed by atoms with Gasteiger partial charge in [0.2, 0.25) is 0 Å². The fraction of sp³-hybridized carbons (Fsp3) is 0.533. The molecule has 1 aliphatic heterocycles. The molecule has 1 aromatic rings. The maximum absolute atomic E-state index is 10.5. The van der Waals surface area contributed by atoms with Crippen LogP contribution in [0.2, 0.25) is 0 Å². The van der Waals surface area contributed by atoms with Gasteiger partial charge >= 0.3 is 5.97 Å². The molecule has 0 spiro atoms. The van der Waals surface area contributed by atoms with Gasteiger partial charge in [-0.3, -0.25) is 4.79 Å². The van der Waals surface area contributed by atoms with Gasteiger partial charge in [-0.15, -0.1) is 0 Å². The van der Waals surface area contributed by atoms with E-state index in [1.807, 2.05) is 18.2 Å². The molecular weight excluding hydrogens is 242 g/mol. The predicted molar refractivity (Wildman–Crippen MR) is 72.9 cm³/mol. The van der Waals surface area contributed by atoms with Crippen LogP contribution in [0.1, 0.15) is 18.4 Å². The van der Waals surface area contributed by atoms with Crippen LogP contribution < -0.4 is 0 Å². The molecule has 0 aromatic heterocycles. The minimum atomic E-state index is -0.719. The Morgan fingerprint density at radius 2 is 2.16 bits per heavy atom. The predicted octanol–water partition coefficient (Wildman–Crippen LogP) is 2.00. The lowest BCUT2D eigenvalue weighted by atomic mass is 10.1. The van der Waals surface area contributed by atoms with Gasteiger partial charge < -0.3 is 14.7 Å². The van der Waals surface area contributed by atoms with Crippen LogP contribution in [0.3, 0.4) is 0 Å². The fourth-order valence-electron chi connectivity index (χ4n) is 2.42. The molecule has 1 N–H and O–H groups in total. The van der Waals surface area contributed by atoms with Gasteiger partial charge in [-0.1, -0.05) is 30.3 Å². The molecule has 1 aromatic carbocycles. The van der Waals surface area contributed by atoms with Crippen LogP contribution in [0.25, 0.3) is 0 Å². The Kier molecular flexibility index (Phi) is 5.36. The summed E-state index contributed by atoms with van der Waals surface area (Å²) in [6, 6.07) is 10.2. The first kappa shape index (κ1) is 14.0. The zero-order chi connectivity index (χ0) is 13.5. The molecule has 0 saturated carbocycles. The van der Waals surface area contributed by atoms with E-state index in [0.717, 1.165) is 26.1 Å². The lowest BCUT2D eigenvalue weighted by Crippen LogP contribution is -2.24. The van der Waals surface area contributed by atoms with E-state index in [-0.39, 0.29) is 6.42 Å². The maximum Gasteiger partial charge on any atom is 0.304 e. The number of carboxylic acids is 1. The second-order valence-corrected chi connectivity index (χ2v) is 5.10. The molecule has 1 saturated heterocycles. The van der Waals surface area contributed by atoms with Gasteiger partial charge in [-0.25, -0.2) is 0 Å². The van der Waals surface area contributed by atoms with E-state index in [1.165, 1.54) is 5.56 Å². The van der Waals surface area contributed by atoms with E-state index in [1.54, 1.807) is 0 Å². The molecule has 2 rings (SSSR count). The van der Waals surface area contributed by atoms with Crippen molar-refractivity contribution in [3.05, 3.63) is 35.9 Å². The average molecular weight is 263 g/mol. The van der Waals surface area contributed by atoms with Gasteiger partial charge in [-0.05, 0) is 24.4 Å². The van der Waals surface area contributed by atoms with Crippen LogP contribution >= 0.6 is 0 Å². The summed E-state index contributed by atoms with van der Waals surface area (Å²) in [5.41, 5.74) is 1.20. The number of ether oxygens (including phenoxy) is 1. The molecule has 4 nitrogen and oxygen atoms in total. The van der Waals surface area contributed by atoms with E-state index >= 15 is 0 Å². The first-order chi connectivity index (χ1) is 9.24. The Labute approximate surface area is 114 Å². The summed E-state index contributed by atoms with van der Waals surface area (Å²) in [6.07, 6.45) is 1.34. The van der Waals surface area contributed by atoms with Crippen molar-refractivity contribution in [3.63, 3.8) is 0 Å². The first-order valence-corrected chi connectivity index (χ1v) is 6.80. The van der Waals surface area contributed by atoms with Crippen LogP contribution in [-0.2, 0) is 16.1 Å². The molecule has 1 unspecified atom stereocenters. The number of hydrogen-bond acceptors (Lipinski definition) is 3. The Bertz CT molecular complexity index is 394. The number of likely N-dealkylation sites (tertiary alicyclic amines) is 1. The van der Waals surface area contributed by atoms with Gasteiger partial charge in [0.1, 0.15) is 0 Å². The molecular formula is C15H21NO3. The maximum atomic E-state index is 10.5. The third-order valence-corrected chi connectivity index (χ3v) is 3.48. The quantitative estimate of drug-likeness (QED) is 0.817. The Morgan fingerprint density at radius 3 is 2.89 bits per heavy atom. The third kappa shape index (κ3) is 5.01. The zero-order valence-corrected chi connectivity index (χ0v) is 11.1. The number of carbonyl (C=O) groups is 1. The van der Waals surface area contributed by atoms with Crippen molar-refractivity contribution in [1.29, 1.82) is 0 Å². The average Bonchev–Trinajstić information content (AvgIpc) is 2.86. The van der Waals surface area contributed by atoms with Crippen molar-refractivity contribution in [2.45, 2.75) is 19.4 Å². The summed E-state index contributed by atoms with van der Waals surface area (Å²) >= 11 is 0. The van der Waals surface area contributed by atoms with Crippen LogP contribution in [0.15, 0.2) is 30.3 Å². The second-order valence-electron chi connectivity index (χ2n) is 5.10. The van der Waals surface area contributed by atoms with E-state index in [9.17, 15) is 4.79 Å². The molecule has 1 heterocycles. The Hall–Kier alpha value is -1.39. The van der Waals surface area contributed by atoms with Crippen molar-refractivity contribution >= 4 is 5.97 Å². The van der Waals surface area contributed by atoms with E-state index in [2.05, 4.69) is 17.0 Å². The zero-order valence-electron chi connectivity index (χ0n) is 11.1. The monoisotopic (exact) mass is 263 g/mol. The smallest absolute Gasteiger partial charge is 0.304 e. The molecule has 0 amide bonds. The molecule has 104 valence electrons. The van der Waals surface area contributed by atoms with E-state index in [4.69, 9.17) is 9.84 Å². The van der Waals surface area contributed by atoms with Gasteiger partial charge in [-0.2, -0.15) is 0 Å². The number of benzene rings is 1. The molecule has 0 bridgehead atoms. The normalized spacial score (nSPS) is 19.7. The highest BCUT2D eigenvalue weighted by molar-refractivity contribution is 5.66. The van der Waals surface area contributed by atoms with Crippen molar-refractivity contribution < 1.29 is 14.6 Å². The minimum Gasteiger partial charge on any atom is -0.481 e. The van der Waals surface area contributed by atoms with Crippen molar-refractivity contribution in [1.82, 2.24) is 4.90 Å². The summed E-state index contributed by atoms with van der Waals surface area (Å²) in [7, 11) is 0. The standard InChI is InChI=1S/C15H21NO3/c17-15(18)7-9-16-8-6-14(10-16)12-19-11-13-4-2-1-3-5-13/h1-5,14H,6-12H2,(H,17,18). The van der Waals surface area contributed by atoms with Crippen LogP contribution in [-0.4, -0.2) is 42.2 Å². The van der Waals surface area contributed by atoms with Crippen molar-refractivity contribution in [3.8, 4) is 0 Å². The SMILES string of the molecule is O=C(O)CCN1CCC(COCc2ccccc2)C1. The van der Waals surface area contributed by atoms with E-state index < -0.39 is 5.97 Å². The van der Waals surface area contributed by atoms with Crippen molar-refractivity contribution in [2.75, 3.05) is 26.2 Å². The summed E-state index contributed by atoms with van der Waals surface area (Å²) in [6.45, 7) is 4.03. The summed E-state index contributed by atoms with van der Waals surface area (Å²) < 4.78 is 5.73. The van der Waals surface area contributed by atoms with Gasteiger partial charge in [0.25, 0.3) is 0 Å². The van der Waals surface area contributed by atoms with E-state index in [0.29, 0.717) is 19.1 Å². The topological polar surface area (TPSA) is 49.8 Å². The summed E-state index contributed by atoms with van der Waals surface area (Å²) in [4.78, 5) is 12.7. The summed E-state index contributed by atoms with van der Waals surface area (Å²) in [5, 5.41) is 8.66. The van der Waals surface area contributed by atoms with Gasteiger partial charge in [0.05, 0.1) is 19.6 Å². The molecule has 0 radical (unpaired) electrons. The Balaban J connectivity index is 1.61. The number of rotatable bonds is 7. The van der Waals surface area contributed by atoms with Crippen LogP contribution in [0.5, 0.6) is 0 Å². The highest BCUT2D eigenvalue weighted by Crippen LogP contribution is 2.17. The highest BCUT2D eigenvalue weighted by atomic mass is 16.5. The molecule has 4 heteroatoms. The highest BCUT2D eigenvalue weighted by Gasteiger charge is 2.22. The largest absolute Gasteiger partial charge is 0.481 e. The second kappa shape index (κ2) is 7.26. The number of carboxylic acid groups (broad SMARTS) is 1. The fourth-order valence-corrected chi connectivity index (χ4v) is 2.42. The van der Waals surface area contributed by atoms with Gasteiger partial charge in [0.15, 0.2) is 0 Å². The molecule has 19 heavy (non-hydrogen) atoms.